The quantitative estimate of drug-likeness (QED) is 0.300. The molecule has 0 aliphatic heterocycles. The fourth-order valence-electron chi connectivity index (χ4n) is 3.66. The number of fused-ring (bicyclic) bond motifs is 1. The molecule has 0 amide bonds. The van der Waals surface area contributed by atoms with Crippen molar-refractivity contribution in [2.45, 2.75) is 24.4 Å². The van der Waals surface area contributed by atoms with Crippen molar-refractivity contribution >= 4 is 29.2 Å². The Morgan fingerprint density at radius 2 is 1.97 bits per heavy atom. The maximum atomic E-state index is 5.95. The number of benzene rings is 2. The normalized spacial score (nSPS) is 12.5. The molecule has 1 aliphatic carbocycles. The molecular formula is C22H21N7OS. The van der Waals surface area contributed by atoms with Crippen LogP contribution in [0.3, 0.4) is 0 Å². The Morgan fingerprint density at radius 1 is 1.10 bits per heavy atom. The van der Waals surface area contributed by atoms with Crippen LogP contribution < -0.4 is 15.8 Å². The van der Waals surface area contributed by atoms with Crippen molar-refractivity contribution in [2.75, 3.05) is 17.3 Å². The molecule has 2 aromatic heterocycles. The van der Waals surface area contributed by atoms with Crippen molar-refractivity contribution in [3.63, 3.8) is 0 Å². The van der Waals surface area contributed by atoms with Gasteiger partial charge < -0.3 is 20.8 Å². The molecule has 0 saturated heterocycles. The molecule has 0 radical (unpaired) electrons. The largest absolute Gasteiger partial charge is 0.452 e. The second kappa shape index (κ2) is 8.27. The van der Waals surface area contributed by atoms with Crippen LogP contribution in [0.2, 0.25) is 0 Å². The smallest absolute Gasteiger partial charge is 0.226 e. The van der Waals surface area contributed by atoms with Gasteiger partial charge in [-0.1, -0.05) is 23.9 Å². The summed E-state index contributed by atoms with van der Waals surface area (Å²) in [6.45, 7) is 0. The first-order valence-corrected chi connectivity index (χ1v) is 11.2. The highest BCUT2D eigenvalue weighted by molar-refractivity contribution is 7.98. The Kier molecular flexibility index (Phi) is 5.17. The van der Waals surface area contributed by atoms with Crippen molar-refractivity contribution in [1.29, 1.82) is 0 Å². The maximum absolute atomic E-state index is 5.95. The van der Waals surface area contributed by atoms with Gasteiger partial charge >= 0.3 is 0 Å². The van der Waals surface area contributed by atoms with E-state index in [0.29, 0.717) is 34.2 Å². The third kappa shape index (κ3) is 4.04. The molecule has 5 rings (SSSR count). The minimum Gasteiger partial charge on any atom is -0.452 e. The summed E-state index contributed by atoms with van der Waals surface area (Å²) in [5, 5.41) is 12.5. The summed E-state index contributed by atoms with van der Waals surface area (Å²) in [6.07, 6.45) is 6.90. The van der Waals surface area contributed by atoms with Gasteiger partial charge in [0.15, 0.2) is 22.5 Å². The molecule has 156 valence electrons. The summed E-state index contributed by atoms with van der Waals surface area (Å²) in [7, 11) is 0. The van der Waals surface area contributed by atoms with Gasteiger partial charge in [-0.05, 0) is 67.0 Å². The molecule has 0 fully saturated rings. The lowest BCUT2D eigenvalue weighted by Crippen LogP contribution is -1.98. The lowest BCUT2D eigenvalue weighted by Gasteiger charge is -2.09. The van der Waals surface area contributed by atoms with Crippen LogP contribution in [0.25, 0.3) is 11.4 Å². The number of rotatable bonds is 6. The van der Waals surface area contributed by atoms with E-state index in [-0.39, 0.29) is 0 Å². The van der Waals surface area contributed by atoms with E-state index in [1.165, 1.54) is 29.3 Å². The van der Waals surface area contributed by atoms with Crippen LogP contribution in [0.4, 0.5) is 17.5 Å². The van der Waals surface area contributed by atoms with Crippen LogP contribution in [0.1, 0.15) is 17.5 Å². The second-order valence-electron chi connectivity index (χ2n) is 7.18. The van der Waals surface area contributed by atoms with Gasteiger partial charge in [-0.25, -0.2) is 9.97 Å². The van der Waals surface area contributed by atoms with Gasteiger partial charge in [0.2, 0.25) is 5.95 Å². The highest BCUT2D eigenvalue weighted by Crippen LogP contribution is 2.31. The number of hydrogen-bond acceptors (Lipinski definition) is 8. The summed E-state index contributed by atoms with van der Waals surface area (Å²) in [4.78, 5) is 11.6. The van der Waals surface area contributed by atoms with Crippen molar-refractivity contribution in [1.82, 2.24) is 25.1 Å². The maximum Gasteiger partial charge on any atom is 0.226 e. The van der Waals surface area contributed by atoms with E-state index >= 15 is 0 Å². The van der Waals surface area contributed by atoms with Crippen LogP contribution >= 0.6 is 11.8 Å². The molecule has 4 aromatic rings. The number of anilines is 3. The predicted molar refractivity (Wildman–Crippen MR) is 122 cm³/mol. The third-order valence-corrected chi connectivity index (χ3v) is 5.75. The summed E-state index contributed by atoms with van der Waals surface area (Å²) >= 11 is 1.43. The fraction of sp³-hybridized carbons (Fsp3) is 0.182. The molecule has 9 heteroatoms. The van der Waals surface area contributed by atoms with E-state index in [4.69, 9.17) is 10.5 Å². The molecule has 0 bridgehead atoms. The van der Waals surface area contributed by atoms with Gasteiger partial charge in [-0.2, -0.15) is 0 Å². The first-order chi connectivity index (χ1) is 15.2. The van der Waals surface area contributed by atoms with Gasteiger partial charge in [0.25, 0.3) is 0 Å². The highest BCUT2D eigenvalue weighted by atomic mass is 32.2. The number of nitrogen functional groups attached to an aromatic ring is 1. The molecule has 8 nitrogen and oxygen atoms in total. The van der Waals surface area contributed by atoms with Crippen LogP contribution in [-0.4, -0.2) is 31.4 Å². The van der Waals surface area contributed by atoms with E-state index in [2.05, 4.69) is 48.7 Å². The van der Waals surface area contributed by atoms with E-state index in [1.807, 2.05) is 30.5 Å². The van der Waals surface area contributed by atoms with Crippen LogP contribution in [0, 0.1) is 0 Å². The highest BCUT2D eigenvalue weighted by Gasteiger charge is 2.15. The minimum atomic E-state index is 0.307. The first kappa shape index (κ1) is 19.4. The summed E-state index contributed by atoms with van der Waals surface area (Å²) in [5.41, 5.74) is 10.7. The molecule has 0 atom stereocenters. The Balaban J connectivity index is 1.30. The number of nitrogens with two attached hydrogens (primary N) is 1. The summed E-state index contributed by atoms with van der Waals surface area (Å²) in [6, 6.07) is 13.9. The molecule has 0 unspecified atom stereocenters. The zero-order valence-electron chi connectivity index (χ0n) is 16.9. The number of thioether (sulfide) groups is 1. The van der Waals surface area contributed by atoms with Crippen LogP contribution in [-0.2, 0) is 12.8 Å². The number of nitrogens with zero attached hydrogens (tertiary/aromatic N) is 4. The third-order valence-electron chi connectivity index (χ3n) is 5.18. The topological polar surface area (TPSA) is 115 Å². The molecular weight excluding hydrogens is 410 g/mol. The number of H-pyrrole nitrogens is 1. The molecule has 1 aliphatic rings. The lowest BCUT2D eigenvalue weighted by atomic mass is 10.1. The summed E-state index contributed by atoms with van der Waals surface area (Å²) < 4.78 is 5.81. The van der Waals surface area contributed by atoms with Gasteiger partial charge in [0.1, 0.15) is 5.75 Å². The molecule has 2 aromatic carbocycles. The standard InChI is InChI=1S/C22H21N7OS/c1-31-22-24-12-18(19(23)26-22)30-15-10-8-14(9-11-15)20-27-21(29-28-20)25-17-7-3-5-13-4-2-6-16(13)17/h3,5,7-12H,2,4,6H2,1H3,(H2,23,24,26)(H2,25,27,28,29). The van der Waals surface area contributed by atoms with Gasteiger partial charge in [-0.3, -0.25) is 0 Å². The van der Waals surface area contributed by atoms with Crippen molar-refractivity contribution in [2.24, 2.45) is 0 Å². The van der Waals surface area contributed by atoms with E-state index in [1.54, 1.807) is 6.20 Å². The molecule has 2 heterocycles. The number of aromatic nitrogens is 5. The number of ether oxygens (including phenoxy) is 1. The SMILES string of the molecule is CSc1ncc(Oc2ccc(-c3nnc(Nc4cccc5c4CCC5)[nH]3)cc2)c(N)n1. The molecule has 0 spiro atoms. The van der Waals surface area contributed by atoms with E-state index < -0.39 is 0 Å². The number of aromatic amines is 1. The molecule has 4 N–H and O–H groups in total. The monoisotopic (exact) mass is 431 g/mol. The summed E-state index contributed by atoms with van der Waals surface area (Å²) in [5.74, 6) is 2.66. The number of aryl methyl sites for hydroxylation is 1. The zero-order chi connectivity index (χ0) is 21.2. The molecule has 0 saturated carbocycles. The number of hydrogen-bond donors (Lipinski definition) is 3. The average Bonchev–Trinajstić information content (AvgIpc) is 3.46. The Labute approximate surface area is 183 Å². The fourth-order valence-corrected chi connectivity index (χ4v) is 4.01. The van der Waals surface area contributed by atoms with Crippen molar-refractivity contribution < 1.29 is 4.74 Å². The average molecular weight is 432 g/mol. The van der Waals surface area contributed by atoms with Crippen LogP contribution in [0.15, 0.2) is 53.8 Å². The van der Waals surface area contributed by atoms with Gasteiger partial charge in [0.05, 0.1) is 6.20 Å². The zero-order valence-corrected chi connectivity index (χ0v) is 17.7. The van der Waals surface area contributed by atoms with Crippen LogP contribution in [0.5, 0.6) is 11.5 Å². The number of nitrogens with one attached hydrogen (secondary N) is 2. The first-order valence-electron chi connectivity index (χ1n) is 9.95. The minimum absolute atomic E-state index is 0.307. The Bertz CT molecular complexity index is 1220. The Hall–Kier alpha value is -3.59. The van der Waals surface area contributed by atoms with Gasteiger partial charge in [0, 0.05) is 11.3 Å². The van der Waals surface area contributed by atoms with Crippen molar-refractivity contribution in [3.8, 4) is 22.9 Å². The van der Waals surface area contributed by atoms with Gasteiger partial charge in [-0.15, -0.1) is 10.2 Å². The Morgan fingerprint density at radius 3 is 2.77 bits per heavy atom. The molecule has 31 heavy (non-hydrogen) atoms. The van der Waals surface area contributed by atoms with E-state index in [0.717, 1.165) is 24.1 Å². The van der Waals surface area contributed by atoms with E-state index in [9.17, 15) is 0 Å². The lowest BCUT2D eigenvalue weighted by molar-refractivity contribution is 0.478. The second-order valence-corrected chi connectivity index (χ2v) is 7.95. The van der Waals surface area contributed by atoms with Crippen molar-refractivity contribution in [3.05, 3.63) is 59.8 Å². The predicted octanol–water partition coefficient (Wildman–Crippen LogP) is 4.59.